The molecule has 3 aromatic carbocycles. The van der Waals surface area contributed by atoms with Crippen LogP contribution >= 0.6 is 0 Å². The van der Waals surface area contributed by atoms with Gasteiger partial charge >= 0.3 is 0 Å². The number of aliphatic carboxylic acids is 1. The third kappa shape index (κ3) is 5.04. The predicted molar refractivity (Wildman–Crippen MR) is 103 cm³/mol. The number of anilines is 1. The maximum Gasteiger partial charge on any atom is 0.135 e. The summed E-state index contributed by atoms with van der Waals surface area (Å²) in [5.41, 5.74) is 1.96. The number of carboxylic acids is 1. The topological polar surface area (TPSA) is 43.4 Å². The summed E-state index contributed by atoms with van der Waals surface area (Å²) in [5, 5.41) is 10.5. The molecule has 0 fully saturated rings. The molecule has 28 heavy (non-hydrogen) atoms. The second-order valence-corrected chi connectivity index (χ2v) is 6.30. The van der Waals surface area contributed by atoms with Crippen LogP contribution in [0.25, 0.3) is 6.08 Å². The Balaban J connectivity index is 1.96. The van der Waals surface area contributed by atoms with Crippen LogP contribution in [-0.2, 0) is 17.9 Å². The fraction of sp³-hybridized carbons (Fsp3) is 0.0870. The molecular formula is C23H18F2NO2-. The zero-order valence-electron chi connectivity index (χ0n) is 15.0. The van der Waals surface area contributed by atoms with Crippen molar-refractivity contribution in [3.8, 4) is 0 Å². The van der Waals surface area contributed by atoms with Crippen LogP contribution in [0.2, 0.25) is 0 Å². The van der Waals surface area contributed by atoms with Gasteiger partial charge in [0.2, 0.25) is 0 Å². The van der Waals surface area contributed by atoms with E-state index < -0.39 is 23.2 Å². The van der Waals surface area contributed by atoms with E-state index in [9.17, 15) is 18.7 Å². The second kappa shape index (κ2) is 8.95. The Hall–Kier alpha value is -3.47. The van der Waals surface area contributed by atoms with Crippen molar-refractivity contribution in [1.29, 1.82) is 0 Å². The lowest BCUT2D eigenvalue weighted by molar-refractivity contribution is -0.297. The van der Waals surface area contributed by atoms with E-state index in [1.807, 2.05) is 65.6 Å². The molecule has 0 spiro atoms. The van der Waals surface area contributed by atoms with Gasteiger partial charge < -0.3 is 14.8 Å². The average molecular weight is 378 g/mol. The van der Waals surface area contributed by atoms with Crippen molar-refractivity contribution < 1.29 is 18.7 Å². The number of carbonyl (C=O) groups excluding carboxylic acids is 1. The molecule has 3 rings (SSSR count). The predicted octanol–water partition coefficient (Wildman–Crippen LogP) is 3.93. The van der Waals surface area contributed by atoms with Crippen molar-refractivity contribution in [2.75, 3.05) is 4.90 Å². The highest BCUT2D eigenvalue weighted by Gasteiger charge is 2.15. The first-order valence-electron chi connectivity index (χ1n) is 8.74. The summed E-state index contributed by atoms with van der Waals surface area (Å²) in [6.07, 6.45) is 1.47. The third-order valence-corrected chi connectivity index (χ3v) is 4.25. The molecule has 0 N–H and O–H groups in total. The number of hydrogen-bond acceptors (Lipinski definition) is 3. The van der Waals surface area contributed by atoms with Crippen LogP contribution in [-0.4, -0.2) is 5.97 Å². The molecule has 0 aliphatic heterocycles. The van der Waals surface area contributed by atoms with Gasteiger partial charge in [-0.15, -0.1) is 0 Å². The SMILES string of the molecule is O=C([O-])/C=C/c1c(F)cc(N(Cc2ccccc2)Cc2ccccc2)cc1F. The number of nitrogens with zero attached hydrogens (tertiary/aromatic N) is 1. The van der Waals surface area contributed by atoms with Gasteiger partial charge in [0, 0.05) is 24.3 Å². The molecule has 0 saturated heterocycles. The monoisotopic (exact) mass is 378 g/mol. The molecule has 0 aromatic heterocycles. The van der Waals surface area contributed by atoms with Gasteiger partial charge in [0.25, 0.3) is 0 Å². The fourth-order valence-corrected chi connectivity index (χ4v) is 2.91. The largest absolute Gasteiger partial charge is 0.545 e. The number of carboxylic acid groups (broad SMARTS) is 1. The highest BCUT2D eigenvalue weighted by molar-refractivity contribution is 5.83. The summed E-state index contributed by atoms with van der Waals surface area (Å²) in [5.74, 6) is -3.19. The van der Waals surface area contributed by atoms with Crippen molar-refractivity contribution in [2.45, 2.75) is 13.1 Å². The van der Waals surface area contributed by atoms with Crippen LogP contribution in [0.5, 0.6) is 0 Å². The molecule has 0 heterocycles. The van der Waals surface area contributed by atoms with Crippen molar-refractivity contribution >= 4 is 17.7 Å². The Morgan fingerprint density at radius 1 is 0.857 bits per heavy atom. The minimum Gasteiger partial charge on any atom is -0.545 e. The van der Waals surface area contributed by atoms with Gasteiger partial charge in [-0.05, 0) is 35.4 Å². The number of benzene rings is 3. The number of halogens is 2. The molecule has 0 aliphatic carbocycles. The van der Waals surface area contributed by atoms with Crippen molar-refractivity contribution in [1.82, 2.24) is 0 Å². The molecule has 0 unspecified atom stereocenters. The first-order chi connectivity index (χ1) is 13.5. The van der Waals surface area contributed by atoms with E-state index in [2.05, 4.69) is 0 Å². The summed E-state index contributed by atoms with van der Waals surface area (Å²) < 4.78 is 28.9. The zero-order valence-corrected chi connectivity index (χ0v) is 15.0. The lowest BCUT2D eigenvalue weighted by Gasteiger charge is -2.26. The summed E-state index contributed by atoms with van der Waals surface area (Å²) in [4.78, 5) is 12.4. The molecule has 5 heteroatoms. The van der Waals surface area contributed by atoms with E-state index in [1.54, 1.807) is 0 Å². The van der Waals surface area contributed by atoms with E-state index in [0.717, 1.165) is 17.2 Å². The van der Waals surface area contributed by atoms with E-state index in [0.29, 0.717) is 24.9 Å². The smallest absolute Gasteiger partial charge is 0.135 e. The standard InChI is InChI=1S/C23H19F2NO2/c24-21-13-19(14-22(25)20(21)11-12-23(27)28)26(15-17-7-3-1-4-8-17)16-18-9-5-2-6-10-18/h1-14H,15-16H2,(H,27,28)/p-1/b12-11+. The van der Waals surface area contributed by atoms with Crippen LogP contribution in [0.3, 0.4) is 0 Å². The number of carbonyl (C=O) groups is 1. The van der Waals surface area contributed by atoms with Gasteiger partial charge in [-0.2, -0.15) is 0 Å². The zero-order chi connectivity index (χ0) is 19.9. The number of hydrogen-bond donors (Lipinski definition) is 0. The molecule has 142 valence electrons. The van der Waals surface area contributed by atoms with Gasteiger partial charge in [-0.25, -0.2) is 8.78 Å². The molecule has 0 atom stereocenters. The molecule has 0 amide bonds. The molecular weight excluding hydrogens is 360 g/mol. The first-order valence-corrected chi connectivity index (χ1v) is 8.74. The molecule has 3 nitrogen and oxygen atoms in total. The Labute approximate surface area is 162 Å². The molecule has 3 aromatic rings. The highest BCUT2D eigenvalue weighted by atomic mass is 19.1. The number of rotatable bonds is 7. The van der Waals surface area contributed by atoms with E-state index in [1.165, 1.54) is 12.1 Å². The van der Waals surface area contributed by atoms with Gasteiger partial charge in [0.15, 0.2) is 0 Å². The van der Waals surface area contributed by atoms with Gasteiger partial charge in [-0.3, -0.25) is 0 Å². The van der Waals surface area contributed by atoms with Crippen molar-refractivity contribution in [3.63, 3.8) is 0 Å². The molecule has 0 radical (unpaired) electrons. The van der Waals surface area contributed by atoms with Crippen molar-refractivity contribution in [2.24, 2.45) is 0 Å². The third-order valence-electron chi connectivity index (χ3n) is 4.25. The molecule has 0 aliphatic rings. The maximum atomic E-state index is 14.5. The normalized spacial score (nSPS) is 10.9. The van der Waals surface area contributed by atoms with E-state index >= 15 is 0 Å². The fourth-order valence-electron chi connectivity index (χ4n) is 2.91. The molecule has 0 bridgehead atoms. The van der Waals surface area contributed by atoms with Gasteiger partial charge in [0.1, 0.15) is 11.6 Å². The van der Waals surface area contributed by atoms with Gasteiger partial charge in [0.05, 0.1) is 5.97 Å². The summed E-state index contributed by atoms with van der Waals surface area (Å²) >= 11 is 0. The van der Waals surface area contributed by atoms with Gasteiger partial charge in [-0.1, -0.05) is 60.7 Å². The molecule has 0 saturated carbocycles. The summed E-state index contributed by atoms with van der Waals surface area (Å²) in [7, 11) is 0. The highest BCUT2D eigenvalue weighted by Crippen LogP contribution is 2.26. The quantitative estimate of drug-likeness (QED) is 0.585. The van der Waals surface area contributed by atoms with Crippen LogP contribution in [0.1, 0.15) is 16.7 Å². The Kier molecular flexibility index (Phi) is 6.17. The minimum absolute atomic E-state index is 0.369. The van der Waals surface area contributed by atoms with E-state index in [4.69, 9.17) is 0 Å². The minimum atomic E-state index is -1.52. The summed E-state index contributed by atoms with van der Waals surface area (Å²) in [6, 6.07) is 21.7. The first kappa shape index (κ1) is 19.3. The maximum absolute atomic E-state index is 14.5. The second-order valence-electron chi connectivity index (χ2n) is 6.30. The van der Waals surface area contributed by atoms with E-state index in [-0.39, 0.29) is 0 Å². The summed E-state index contributed by atoms with van der Waals surface area (Å²) in [6.45, 7) is 0.922. The lowest BCUT2D eigenvalue weighted by Crippen LogP contribution is -2.22. The Bertz CT molecular complexity index is 908. The van der Waals surface area contributed by atoms with Crippen LogP contribution in [0, 0.1) is 11.6 Å². The van der Waals surface area contributed by atoms with Crippen molar-refractivity contribution in [3.05, 3.63) is 107 Å². The average Bonchev–Trinajstić information content (AvgIpc) is 2.68. The van der Waals surface area contributed by atoms with Crippen LogP contribution in [0.4, 0.5) is 14.5 Å². The Morgan fingerprint density at radius 2 is 1.32 bits per heavy atom. The van der Waals surface area contributed by atoms with Crippen LogP contribution in [0.15, 0.2) is 78.9 Å². The lowest BCUT2D eigenvalue weighted by atomic mass is 10.1. The Morgan fingerprint density at radius 3 is 1.75 bits per heavy atom. The van der Waals surface area contributed by atoms with Crippen LogP contribution < -0.4 is 10.0 Å².